The first-order chi connectivity index (χ1) is 8.63. The number of carbonyl (C=O) groups is 2. The molecule has 0 heterocycles. The van der Waals surface area contributed by atoms with Crippen molar-refractivity contribution >= 4 is 17.4 Å². The van der Waals surface area contributed by atoms with E-state index in [0.29, 0.717) is 12.8 Å². The van der Waals surface area contributed by atoms with Gasteiger partial charge in [-0.05, 0) is 37.1 Å². The Kier molecular flexibility index (Phi) is 3.97. The molecule has 1 aliphatic carbocycles. The molecule has 1 amide bonds. The number of nitrogens with one attached hydrogen (secondary N) is 1. The van der Waals surface area contributed by atoms with Crippen molar-refractivity contribution in [2.75, 3.05) is 5.32 Å². The zero-order chi connectivity index (χ0) is 13.0. The number of ketones is 1. The molecule has 18 heavy (non-hydrogen) atoms. The van der Waals surface area contributed by atoms with Crippen LogP contribution in [0.25, 0.3) is 0 Å². The van der Waals surface area contributed by atoms with E-state index in [9.17, 15) is 9.59 Å². The van der Waals surface area contributed by atoms with E-state index in [1.165, 1.54) is 6.92 Å². The largest absolute Gasteiger partial charge is 0.490 e. The van der Waals surface area contributed by atoms with Crippen LogP contribution in [0.1, 0.15) is 32.6 Å². The number of rotatable bonds is 3. The van der Waals surface area contributed by atoms with Crippen LogP contribution in [0.15, 0.2) is 24.3 Å². The molecule has 0 bridgehead atoms. The summed E-state index contributed by atoms with van der Waals surface area (Å²) in [6.45, 7) is 1.47. The Morgan fingerprint density at radius 1 is 1.33 bits per heavy atom. The maximum atomic E-state index is 11.3. The van der Waals surface area contributed by atoms with Gasteiger partial charge in [0.05, 0.1) is 0 Å². The molecule has 1 aromatic carbocycles. The maximum Gasteiger partial charge on any atom is 0.221 e. The molecule has 96 valence electrons. The third-order valence-electron chi connectivity index (χ3n) is 2.91. The highest BCUT2D eigenvalue weighted by Gasteiger charge is 2.20. The molecule has 0 saturated heterocycles. The number of benzene rings is 1. The molecule has 1 aromatic rings. The highest BCUT2D eigenvalue weighted by atomic mass is 16.5. The monoisotopic (exact) mass is 247 g/mol. The first kappa shape index (κ1) is 12.6. The molecule has 0 aromatic heterocycles. The highest BCUT2D eigenvalue weighted by Crippen LogP contribution is 2.22. The third kappa shape index (κ3) is 3.58. The molecular weight excluding hydrogens is 230 g/mol. The van der Waals surface area contributed by atoms with Crippen LogP contribution in [0.3, 0.4) is 0 Å². The topological polar surface area (TPSA) is 55.4 Å². The van der Waals surface area contributed by atoms with Gasteiger partial charge in [0.2, 0.25) is 5.91 Å². The van der Waals surface area contributed by atoms with E-state index in [1.54, 1.807) is 12.1 Å². The first-order valence-corrected chi connectivity index (χ1v) is 6.19. The van der Waals surface area contributed by atoms with Crippen molar-refractivity contribution in [3.63, 3.8) is 0 Å². The van der Waals surface area contributed by atoms with Gasteiger partial charge in [-0.2, -0.15) is 0 Å². The van der Waals surface area contributed by atoms with Gasteiger partial charge in [-0.3, -0.25) is 9.59 Å². The maximum absolute atomic E-state index is 11.3. The molecule has 2 rings (SSSR count). The second-order valence-electron chi connectivity index (χ2n) is 4.58. The zero-order valence-corrected chi connectivity index (χ0v) is 10.4. The predicted octanol–water partition coefficient (Wildman–Crippen LogP) is 2.54. The molecule has 1 N–H and O–H groups in total. The van der Waals surface area contributed by atoms with Crippen LogP contribution >= 0.6 is 0 Å². The minimum atomic E-state index is -0.0958. The lowest BCUT2D eigenvalue weighted by molar-refractivity contribution is -0.122. The van der Waals surface area contributed by atoms with Gasteiger partial charge in [-0.1, -0.05) is 0 Å². The van der Waals surface area contributed by atoms with Crippen molar-refractivity contribution in [3.05, 3.63) is 24.3 Å². The van der Waals surface area contributed by atoms with Gasteiger partial charge < -0.3 is 10.1 Å². The van der Waals surface area contributed by atoms with Gasteiger partial charge in [-0.25, -0.2) is 0 Å². The summed E-state index contributed by atoms with van der Waals surface area (Å²) in [6, 6.07) is 7.21. The van der Waals surface area contributed by atoms with Crippen LogP contribution in [0.4, 0.5) is 5.69 Å². The number of ether oxygens (including phenoxy) is 1. The van der Waals surface area contributed by atoms with Crippen LogP contribution in [0, 0.1) is 0 Å². The quantitative estimate of drug-likeness (QED) is 0.893. The van der Waals surface area contributed by atoms with Crippen molar-refractivity contribution in [2.45, 2.75) is 38.7 Å². The van der Waals surface area contributed by atoms with Crippen LogP contribution in [0.2, 0.25) is 0 Å². The van der Waals surface area contributed by atoms with E-state index in [1.807, 2.05) is 12.1 Å². The zero-order valence-electron chi connectivity index (χ0n) is 10.4. The fraction of sp³-hybridized carbons (Fsp3) is 0.429. The molecule has 4 heteroatoms. The summed E-state index contributed by atoms with van der Waals surface area (Å²) in [5.41, 5.74) is 0.745. The van der Waals surface area contributed by atoms with E-state index in [2.05, 4.69) is 5.32 Å². The van der Waals surface area contributed by atoms with E-state index in [4.69, 9.17) is 4.74 Å². The summed E-state index contributed by atoms with van der Waals surface area (Å²) in [5.74, 6) is 0.923. The lowest BCUT2D eigenvalue weighted by Gasteiger charge is -2.22. The second-order valence-corrected chi connectivity index (χ2v) is 4.58. The summed E-state index contributed by atoms with van der Waals surface area (Å²) in [5, 5.41) is 2.69. The average molecular weight is 247 g/mol. The molecule has 0 aliphatic heterocycles. The Hall–Kier alpha value is -1.84. The smallest absolute Gasteiger partial charge is 0.221 e. The Bertz CT molecular complexity index is 439. The number of anilines is 1. The van der Waals surface area contributed by atoms with Crippen molar-refractivity contribution in [3.8, 4) is 5.75 Å². The normalized spacial score (nSPS) is 19.4. The SMILES string of the molecule is CC(=O)Nc1ccc(OC2CCCC(=O)C2)cc1. The minimum Gasteiger partial charge on any atom is -0.490 e. The Morgan fingerprint density at radius 2 is 2.06 bits per heavy atom. The number of amides is 1. The Balaban J connectivity index is 1.93. The Morgan fingerprint density at radius 3 is 2.67 bits per heavy atom. The van der Waals surface area contributed by atoms with Gasteiger partial charge in [0.25, 0.3) is 0 Å². The van der Waals surface area contributed by atoms with Gasteiger partial charge in [0, 0.05) is 25.5 Å². The van der Waals surface area contributed by atoms with E-state index in [0.717, 1.165) is 24.3 Å². The van der Waals surface area contributed by atoms with Crippen molar-refractivity contribution in [1.29, 1.82) is 0 Å². The Labute approximate surface area is 106 Å². The fourth-order valence-electron chi connectivity index (χ4n) is 2.10. The first-order valence-electron chi connectivity index (χ1n) is 6.19. The lowest BCUT2D eigenvalue weighted by atomic mass is 9.96. The molecule has 1 saturated carbocycles. The van der Waals surface area contributed by atoms with Gasteiger partial charge in [-0.15, -0.1) is 0 Å². The number of hydrogen-bond donors (Lipinski definition) is 1. The fourth-order valence-corrected chi connectivity index (χ4v) is 2.10. The third-order valence-corrected chi connectivity index (χ3v) is 2.91. The van der Waals surface area contributed by atoms with Crippen LogP contribution < -0.4 is 10.1 Å². The molecule has 0 radical (unpaired) electrons. The van der Waals surface area contributed by atoms with Crippen molar-refractivity contribution in [2.24, 2.45) is 0 Å². The minimum absolute atomic E-state index is 0.00198. The van der Waals surface area contributed by atoms with Crippen molar-refractivity contribution in [1.82, 2.24) is 0 Å². The van der Waals surface area contributed by atoms with E-state index >= 15 is 0 Å². The molecular formula is C14H17NO3. The summed E-state index contributed by atoms with van der Waals surface area (Å²) in [4.78, 5) is 22.2. The molecule has 1 fully saturated rings. The van der Waals surface area contributed by atoms with Gasteiger partial charge >= 0.3 is 0 Å². The molecule has 1 aliphatic rings. The van der Waals surface area contributed by atoms with Gasteiger partial charge in [0.15, 0.2) is 0 Å². The van der Waals surface area contributed by atoms with Crippen molar-refractivity contribution < 1.29 is 14.3 Å². The number of hydrogen-bond acceptors (Lipinski definition) is 3. The summed E-state index contributed by atoms with van der Waals surface area (Å²) >= 11 is 0. The van der Waals surface area contributed by atoms with Crippen LogP contribution in [-0.4, -0.2) is 17.8 Å². The van der Waals surface area contributed by atoms with Crippen LogP contribution in [-0.2, 0) is 9.59 Å². The van der Waals surface area contributed by atoms with E-state index in [-0.39, 0.29) is 17.8 Å². The summed E-state index contributed by atoms with van der Waals surface area (Å²) in [7, 11) is 0. The number of carbonyl (C=O) groups excluding carboxylic acids is 2. The molecule has 4 nitrogen and oxygen atoms in total. The molecule has 0 spiro atoms. The predicted molar refractivity (Wildman–Crippen MR) is 68.6 cm³/mol. The van der Waals surface area contributed by atoms with E-state index < -0.39 is 0 Å². The lowest BCUT2D eigenvalue weighted by Crippen LogP contribution is -2.25. The molecule has 1 atom stereocenters. The highest BCUT2D eigenvalue weighted by molar-refractivity contribution is 5.88. The second kappa shape index (κ2) is 5.67. The van der Waals surface area contributed by atoms with Gasteiger partial charge in [0.1, 0.15) is 17.6 Å². The molecule has 1 unspecified atom stereocenters. The summed E-state index contributed by atoms with van der Waals surface area (Å²) < 4.78 is 5.75. The van der Waals surface area contributed by atoms with Crippen LogP contribution in [0.5, 0.6) is 5.75 Å². The number of Topliss-reactive ketones (excluding diaryl/α,β-unsaturated/α-hetero) is 1. The summed E-state index contributed by atoms with van der Waals surface area (Å²) in [6.07, 6.45) is 3.03. The standard InChI is InChI=1S/C14H17NO3/c1-10(16)15-11-5-7-13(8-6-11)18-14-4-2-3-12(17)9-14/h5-8,14H,2-4,9H2,1H3,(H,15,16). The average Bonchev–Trinajstić information content (AvgIpc) is 2.31.